The third kappa shape index (κ3) is 3.66. The number of ketones is 1. The van der Waals surface area contributed by atoms with Crippen LogP contribution in [-0.4, -0.2) is 57.5 Å². The van der Waals surface area contributed by atoms with Crippen LogP contribution in [0, 0.1) is 0 Å². The lowest BCUT2D eigenvalue weighted by atomic mass is 9.99. The highest BCUT2D eigenvalue weighted by Gasteiger charge is 2.50. The number of rotatable bonds is 6. The van der Waals surface area contributed by atoms with E-state index < -0.39 is 30.9 Å². The molecule has 2 fully saturated rings. The first-order chi connectivity index (χ1) is 11.7. The molecule has 2 aliphatic heterocycles. The van der Waals surface area contributed by atoms with Crippen molar-refractivity contribution in [2.24, 2.45) is 0 Å². The monoisotopic (exact) mass is 338 g/mol. The molecule has 0 bridgehead atoms. The smallest absolute Gasteiger partial charge is 0.220 e. The molecule has 7 nitrogen and oxygen atoms in total. The molecule has 0 aromatic heterocycles. The average Bonchev–Trinajstić information content (AvgIpc) is 2.63. The minimum Gasteiger partial charge on any atom is -0.356 e. The first kappa shape index (κ1) is 17.5. The number of Topliss-reactive ketones (excluding diaryl/α,β-unsaturated/α-hetero) is 1. The van der Waals surface area contributed by atoms with Crippen LogP contribution in [0.1, 0.15) is 18.8 Å². The Balaban J connectivity index is 1.75. The normalized spacial score (nSPS) is 33.2. The molecule has 0 saturated carbocycles. The van der Waals surface area contributed by atoms with E-state index in [0.29, 0.717) is 6.61 Å². The van der Waals surface area contributed by atoms with Crippen LogP contribution in [-0.2, 0) is 33.2 Å². The summed E-state index contributed by atoms with van der Waals surface area (Å²) in [5, 5.41) is 0. The van der Waals surface area contributed by atoms with Gasteiger partial charge in [0.15, 0.2) is 12.4 Å². The van der Waals surface area contributed by atoms with E-state index in [0.717, 1.165) is 5.56 Å². The van der Waals surface area contributed by atoms with Gasteiger partial charge in [-0.2, -0.15) is 0 Å². The maximum Gasteiger partial charge on any atom is 0.220 e. The number of hydrogen-bond acceptors (Lipinski definition) is 7. The molecule has 1 aromatic rings. The molecule has 2 saturated heterocycles. The van der Waals surface area contributed by atoms with E-state index in [1.165, 1.54) is 7.11 Å². The second-order valence-corrected chi connectivity index (χ2v) is 5.52. The summed E-state index contributed by atoms with van der Waals surface area (Å²) in [6.45, 7) is 2.64. The third-order valence-electron chi connectivity index (χ3n) is 3.99. The lowest BCUT2D eigenvalue weighted by Crippen LogP contribution is -2.61. The number of benzene rings is 1. The Morgan fingerprint density at radius 3 is 2.71 bits per heavy atom. The number of hydrogen-bond donors (Lipinski definition) is 0. The quantitative estimate of drug-likeness (QED) is 0.574. The Morgan fingerprint density at radius 2 is 2.00 bits per heavy atom. The minimum atomic E-state index is -0.988. The molecule has 132 valence electrons. The summed E-state index contributed by atoms with van der Waals surface area (Å²) in [7, 11) is 1.42. The summed E-state index contributed by atoms with van der Waals surface area (Å²) in [6, 6.07) is 9.54. The highest BCUT2D eigenvalue weighted by Crippen LogP contribution is 2.33. The molecule has 7 heteroatoms. The molecule has 3 rings (SSSR count). The second-order valence-electron chi connectivity index (χ2n) is 5.52. The highest BCUT2D eigenvalue weighted by molar-refractivity contribution is 5.87. The summed E-state index contributed by atoms with van der Waals surface area (Å²) in [5.41, 5.74) is 0.876. The molecule has 2 aliphatic rings. The molecule has 5 unspecified atom stereocenters. The van der Waals surface area contributed by atoms with Crippen LogP contribution in [0.4, 0.5) is 0 Å². The summed E-state index contributed by atoms with van der Waals surface area (Å²) in [4.78, 5) is 12.5. The number of carbonyl (C=O) groups is 1. The third-order valence-corrected chi connectivity index (χ3v) is 3.99. The van der Waals surface area contributed by atoms with Crippen LogP contribution in [0.3, 0.4) is 0 Å². The molecule has 5 atom stereocenters. The molecule has 0 amide bonds. The molecule has 24 heavy (non-hydrogen) atoms. The van der Waals surface area contributed by atoms with Crippen molar-refractivity contribution >= 4 is 5.78 Å². The molecule has 2 heterocycles. The zero-order valence-corrected chi connectivity index (χ0v) is 13.8. The number of fused-ring (bicyclic) bond motifs is 1. The van der Waals surface area contributed by atoms with E-state index in [-0.39, 0.29) is 19.2 Å². The van der Waals surface area contributed by atoms with Crippen molar-refractivity contribution < 1.29 is 33.2 Å². The van der Waals surface area contributed by atoms with E-state index in [9.17, 15) is 4.79 Å². The molecular weight excluding hydrogens is 316 g/mol. The Labute approximate surface area is 140 Å². The van der Waals surface area contributed by atoms with Crippen LogP contribution < -0.4 is 0 Å². The first-order valence-electron chi connectivity index (χ1n) is 7.98. The largest absolute Gasteiger partial charge is 0.356 e. The van der Waals surface area contributed by atoms with Gasteiger partial charge in [0.25, 0.3) is 0 Å². The second kappa shape index (κ2) is 8.15. The van der Waals surface area contributed by atoms with Crippen molar-refractivity contribution in [1.82, 2.24) is 0 Å². The van der Waals surface area contributed by atoms with Gasteiger partial charge in [-0.3, -0.25) is 4.79 Å². The van der Waals surface area contributed by atoms with E-state index in [4.69, 9.17) is 28.4 Å². The zero-order valence-electron chi connectivity index (χ0n) is 13.8. The van der Waals surface area contributed by atoms with Gasteiger partial charge in [0.2, 0.25) is 12.1 Å². The van der Waals surface area contributed by atoms with Gasteiger partial charge in [-0.25, -0.2) is 0 Å². The lowest BCUT2D eigenvalue weighted by molar-refractivity contribution is -0.324. The van der Waals surface area contributed by atoms with Gasteiger partial charge in [-0.15, -0.1) is 0 Å². The van der Waals surface area contributed by atoms with Gasteiger partial charge in [0.05, 0.1) is 6.61 Å². The van der Waals surface area contributed by atoms with Crippen LogP contribution in [0.15, 0.2) is 30.3 Å². The summed E-state index contributed by atoms with van der Waals surface area (Å²) >= 11 is 0. The summed E-state index contributed by atoms with van der Waals surface area (Å²) < 4.78 is 33.3. The Hall–Kier alpha value is -1.35. The van der Waals surface area contributed by atoms with Crippen molar-refractivity contribution in [3.63, 3.8) is 0 Å². The Bertz CT molecular complexity index is 535. The fourth-order valence-electron chi connectivity index (χ4n) is 2.79. The standard InChI is InChI=1S/C17H22O7/c1-3-20-10-22-15-13(18)17(19-2)23-12-9-21-16(24-14(12)15)11-7-5-4-6-8-11/h4-8,12,14-17H,3,9-10H2,1-2H3. The average molecular weight is 338 g/mol. The van der Waals surface area contributed by atoms with Crippen LogP contribution in [0.25, 0.3) is 0 Å². The topological polar surface area (TPSA) is 72.5 Å². The van der Waals surface area contributed by atoms with E-state index in [1.807, 2.05) is 37.3 Å². The lowest BCUT2D eigenvalue weighted by Gasteiger charge is -2.44. The number of ether oxygens (including phenoxy) is 6. The van der Waals surface area contributed by atoms with Gasteiger partial charge < -0.3 is 28.4 Å². The fourth-order valence-corrected chi connectivity index (χ4v) is 2.79. The van der Waals surface area contributed by atoms with Crippen molar-refractivity contribution in [1.29, 1.82) is 0 Å². The van der Waals surface area contributed by atoms with Crippen LogP contribution in [0.2, 0.25) is 0 Å². The molecule has 0 spiro atoms. The van der Waals surface area contributed by atoms with E-state index in [1.54, 1.807) is 0 Å². The van der Waals surface area contributed by atoms with Crippen LogP contribution >= 0.6 is 0 Å². The van der Waals surface area contributed by atoms with E-state index >= 15 is 0 Å². The van der Waals surface area contributed by atoms with Gasteiger partial charge in [0.1, 0.15) is 19.0 Å². The van der Waals surface area contributed by atoms with Gasteiger partial charge in [-0.05, 0) is 6.92 Å². The first-order valence-corrected chi connectivity index (χ1v) is 7.98. The van der Waals surface area contributed by atoms with Gasteiger partial charge in [-0.1, -0.05) is 30.3 Å². The molecular formula is C17H22O7. The van der Waals surface area contributed by atoms with Crippen LogP contribution in [0.5, 0.6) is 0 Å². The molecule has 1 aromatic carbocycles. The van der Waals surface area contributed by atoms with Crippen molar-refractivity contribution in [2.45, 2.75) is 37.8 Å². The maximum absolute atomic E-state index is 12.5. The van der Waals surface area contributed by atoms with Crippen molar-refractivity contribution in [2.75, 3.05) is 27.1 Å². The van der Waals surface area contributed by atoms with Crippen molar-refractivity contribution in [3.05, 3.63) is 35.9 Å². The maximum atomic E-state index is 12.5. The zero-order chi connectivity index (χ0) is 16.9. The Morgan fingerprint density at radius 1 is 1.21 bits per heavy atom. The molecule has 0 radical (unpaired) electrons. The van der Waals surface area contributed by atoms with E-state index in [2.05, 4.69) is 0 Å². The van der Waals surface area contributed by atoms with Gasteiger partial charge >= 0.3 is 0 Å². The number of carbonyl (C=O) groups excluding carboxylic acids is 1. The summed E-state index contributed by atoms with van der Waals surface area (Å²) in [6.07, 6.45) is -3.41. The predicted octanol–water partition coefficient (Wildman–Crippen LogP) is 1.42. The van der Waals surface area contributed by atoms with Gasteiger partial charge in [0, 0.05) is 19.3 Å². The SMILES string of the molecule is CCOCOC1C(=O)C(OC)OC2COC(c3ccccc3)OC21. The Kier molecular flexibility index (Phi) is 5.94. The predicted molar refractivity (Wildman–Crippen MR) is 82.1 cm³/mol. The summed E-state index contributed by atoms with van der Waals surface area (Å²) in [5.74, 6) is -0.313. The molecule has 0 N–H and O–H groups in total. The number of methoxy groups -OCH3 is 1. The molecule has 0 aliphatic carbocycles. The minimum absolute atomic E-state index is 0.00673. The fraction of sp³-hybridized carbons (Fsp3) is 0.588. The van der Waals surface area contributed by atoms with Crippen molar-refractivity contribution in [3.8, 4) is 0 Å². The highest BCUT2D eigenvalue weighted by atomic mass is 16.8.